The van der Waals surface area contributed by atoms with E-state index in [0.717, 1.165) is 19.3 Å². The van der Waals surface area contributed by atoms with Crippen LogP contribution in [-0.2, 0) is 33.4 Å². The summed E-state index contributed by atoms with van der Waals surface area (Å²) in [5.74, 6) is -3.32. The first kappa shape index (κ1) is 17.8. The van der Waals surface area contributed by atoms with Crippen LogP contribution in [0.25, 0.3) is 0 Å². The Balaban J connectivity index is 4.05. The average molecular weight is 286 g/mol. The van der Waals surface area contributed by atoms with Crippen LogP contribution < -0.4 is 0 Å². The molecule has 0 spiro atoms. The van der Waals surface area contributed by atoms with Gasteiger partial charge in [-0.25, -0.2) is 14.4 Å². The van der Waals surface area contributed by atoms with E-state index in [2.05, 4.69) is 14.2 Å². The highest BCUT2D eigenvalue weighted by atomic mass is 16.6. The maximum atomic E-state index is 11.3. The van der Waals surface area contributed by atoms with Crippen molar-refractivity contribution in [3.8, 4) is 0 Å². The predicted octanol–water partition coefficient (Wildman–Crippen LogP) is 0.765. The number of methoxy groups -OCH3 is 1. The van der Waals surface area contributed by atoms with E-state index in [-0.39, 0.29) is 11.8 Å². The van der Waals surface area contributed by atoms with Gasteiger partial charge in [0.2, 0.25) is 0 Å². The molecule has 0 aromatic heterocycles. The van der Waals surface area contributed by atoms with E-state index >= 15 is 0 Å². The molecular formula is C13H18O7. The van der Waals surface area contributed by atoms with Gasteiger partial charge >= 0.3 is 23.9 Å². The minimum atomic E-state index is -0.973. The molecular weight excluding hydrogens is 268 g/mol. The van der Waals surface area contributed by atoms with Crippen LogP contribution in [0.15, 0.2) is 12.2 Å². The quantitative estimate of drug-likeness (QED) is 0.318. The van der Waals surface area contributed by atoms with Gasteiger partial charge in [0.15, 0.2) is 6.61 Å². The van der Waals surface area contributed by atoms with Gasteiger partial charge in [-0.3, -0.25) is 4.79 Å². The lowest BCUT2D eigenvalue weighted by molar-refractivity contribution is -0.166. The summed E-state index contributed by atoms with van der Waals surface area (Å²) in [5.41, 5.74) is -0.308. The van der Waals surface area contributed by atoms with Crippen molar-refractivity contribution in [2.24, 2.45) is 5.41 Å². The molecule has 0 atom stereocenters. The van der Waals surface area contributed by atoms with Crippen molar-refractivity contribution < 1.29 is 33.4 Å². The van der Waals surface area contributed by atoms with Crippen molar-refractivity contribution in [3.63, 3.8) is 0 Å². The number of esters is 4. The number of carbonyl (C=O) groups excluding carboxylic acids is 4. The maximum Gasteiger partial charge on any atom is 0.351 e. The molecule has 112 valence electrons. The molecule has 0 N–H and O–H groups in total. The summed E-state index contributed by atoms with van der Waals surface area (Å²) >= 11 is 0. The Bertz CT molecular complexity index is 415. The first-order chi connectivity index (χ1) is 9.14. The molecule has 0 fully saturated rings. The van der Waals surface area contributed by atoms with E-state index < -0.39 is 30.5 Å². The Morgan fingerprint density at radius 2 is 1.50 bits per heavy atom. The molecule has 7 heteroatoms. The first-order valence-corrected chi connectivity index (χ1v) is 5.80. The summed E-state index contributed by atoms with van der Waals surface area (Å²) in [6.07, 6.45) is 1.71. The van der Waals surface area contributed by atoms with Crippen LogP contribution >= 0.6 is 0 Å². The number of hydrogen-bond donors (Lipinski definition) is 0. The molecule has 0 bridgehead atoms. The molecule has 0 aliphatic rings. The molecule has 0 heterocycles. The second-order valence-electron chi connectivity index (χ2n) is 5.05. The number of carbonyl (C=O) groups is 4. The SMILES string of the molecule is COC(=O)/C=C\C(=O)OCC(=O)OC(=O)CC(C)(C)C. The summed E-state index contributed by atoms with van der Waals surface area (Å²) in [4.78, 5) is 44.3. The third-order valence-corrected chi connectivity index (χ3v) is 1.79. The monoisotopic (exact) mass is 286 g/mol. The van der Waals surface area contributed by atoms with E-state index in [0.29, 0.717) is 0 Å². The molecule has 0 unspecified atom stereocenters. The predicted molar refractivity (Wildman–Crippen MR) is 67.3 cm³/mol. The van der Waals surface area contributed by atoms with Crippen LogP contribution in [0.5, 0.6) is 0 Å². The van der Waals surface area contributed by atoms with E-state index in [1.54, 1.807) is 0 Å². The van der Waals surface area contributed by atoms with Gasteiger partial charge in [0.05, 0.1) is 13.5 Å². The van der Waals surface area contributed by atoms with Crippen molar-refractivity contribution in [2.45, 2.75) is 27.2 Å². The van der Waals surface area contributed by atoms with Crippen molar-refractivity contribution in [3.05, 3.63) is 12.2 Å². The lowest BCUT2D eigenvalue weighted by Crippen LogP contribution is -2.22. The molecule has 0 amide bonds. The summed E-state index contributed by atoms with van der Waals surface area (Å²) in [6, 6.07) is 0. The van der Waals surface area contributed by atoms with Crippen molar-refractivity contribution in [2.75, 3.05) is 13.7 Å². The highest BCUT2D eigenvalue weighted by Crippen LogP contribution is 2.18. The molecule has 0 saturated heterocycles. The minimum Gasteiger partial charge on any atom is -0.466 e. The fourth-order valence-corrected chi connectivity index (χ4v) is 1.01. The van der Waals surface area contributed by atoms with Gasteiger partial charge in [0, 0.05) is 12.2 Å². The lowest BCUT2D eigenvalue weighted by atomic mass is 9.92. The average Bonchev–Trinajstić information content (AvgIpc) is 2.30. The largest absolute Gasteiger partial charge is 0.466 e. The molecule has 0 radical (unpaired) electrons. The second-order valence-corrected chi connectivity index (χ2v) is 5.05. The van der Waals surface area contributed by atoms with Gasteiger partial charge in [-0.1, -0.05) is 20.8 Å². The van der Waals surface area contributed by atoms with Crippen molar-refractivity contribution in [1.82, 2.24) is 0 Å². The Morgan fingerprint density at radius 1 is 0.950 bits per heavy atom. The summed E-state index contributed by atoms with van der Waals surface area (Å²) in [7, 11) is 1.15. The Kier molecular flexibility index (Phi) is 7.20. The van der Waals surface area contributed by atoms with Gasteiger partial charge in [-0.05, 0) is 5.41 Å². The molecule has 0 aromatic rings. The fourth-order valence-electron chi connectivity index (χ4n) is 1.01. The zero-order chi connectivity index (χ0) is 15.8. The van der Waals surface area contributed by atoms with Crippen molar-refractivity contribution in [1.29, 1.82) is 0 Å². The molecule has 0 aliphatic carbocycles. The molecule has 7 nitrogen and oxygen atoms in total. The van der Waals surface area contributed by atoms with Crippen LogP contribution in [0.4, 0.5) is 0 Å². The molecule has 0 aliphatic heterocycles. The van der Waals surface area contributed by atoms with E-state index in [1.807, 2.05) is 20.8 Å². The summed E-state index contributed by atoms with van der Waals surface area (Å²) < 4.78 is 13.2. The van der Waals surface area contributed by atoms with Gasteiger partial charge in [0.25, 0.3) is 0 Å². The Labute approximate surface area is 116 Å². The number of rotatable bonds is 5. The third kappa shape index (κ3) is 9.81. The van der Waals surface area contributed by atoms with E-state index in [9.17, 15) is 19.2 Å². The number of ether oxygens (including phenoxy) is 3. The maximum absolute atomic E-state index is 11.3. The topological polar surface area (TPSA) is 96.0 Å². The highest BCUT2D eigenvalue weighted by Gasteiger charge is 2.20. The second kappa shape index (κ2) is 8.08. The lowest BCUT2D eigenvalue weighted by Gasteiger charge is -2.15. The summed E-state index contributed by atoms with van der Waals surface area (Å²) in [5, 5.41) is 0. The van der Waals surface area contributed by atoms with Gasteiger partial charge in [-0.15, -0.1) is 0 Å². The van der Waals surface area contributed by atoms with Crippen LogP contribution in [0.1, 0.15) is 27.2 Å². The third-order valence-electron chi connectivity index (χ3n) is 1.79. The van der Waals surface area contributed by atoms with Gasteiger partial charge < -0.3 is 14.2 Å². The fraction of sp³-hybridized carbons (Fsp3) is 0.538. The highest BCUT2D eigenvalue weighted by molar-refractivity contribution is 5.93. The minimum absolute atomic E-state index is 0.0644. The van der Waals surface area contributed by atoms with Crippen LogP contribution in [0.3, 0.4) is 0 Å². The standard InChI is InChI=1S/C13H18O7/c1-13(2,3)7-11(16)20-12(17)8-19-10(15)6-5-9(14)18-4/h5-6H,7-8H2,1-4H3/b6-5-. The van der Waals surface area contributed by atoms with E-state index in [4.69, 9.17) is 0 Å². The molecule has 20 heavy (non-hydrogen) atoms. The van der Waals surface area contributed by atoms with Crippen LogP contribution in [-0.4, -0.2) is 37.6 Å². The van der Waals surface area contributed by atoms with Crippen LogP contribution in [0, 0.1) is 5.41 Å². The molecule has 0 rings (SSSR count). The molecule has 0 aromatic carbocycles. The normalized spacial score (nSPS) is 11.0. The summed E-state index contributed by atoms with van der Waals surface area (Å²) in [6.45, 7) is 4.74. The van der Waals surface area contributed by atoms with Crippen LogP contribution in [0.2, 0.25) is 0 Å². The Morgan fingerprint density at radius 3 is 2.00 bits per heavy atom. The zero-order valence-corrected chi connectivity index (χ0v) is 11.9. The van der Waals surface area contributed by atoms with Gasteiger partial charge in [-0.2, -0.15) is 0 Å². The number of hydrogen-bond acceptors (Lipinski definition) is 7. The van der Waals surface area contributed by atoms with Crippen molar-refractivity contribution >= 4 is 23.9 Å². The zero-order valence-electron chi connectivity index (χ0n) is 11.9. The van der Waals surface area contributed by atoms with E-state index in [1.165, 1.54) is 0 Å². The Hall–Kier alpha value is -2.18. The first-order valence-electron chi connectivity index (χ1n) is 5.80. The smallest absolute Gasteiger partial charge is 0.351 e. The molecule has 0 saturated carbocycles. The van der Waals surface area contributed by atoms with Gasteiger partial charge in [0.1, 0.15) is 0 Å².